The molecule has 0 radical (unpaired) electrons. The van der Waals surface area contributed by atoms with Crippen molar-refractivity contribution < 1.29 is 9.18 Å². The van der Waals surface area contributed by atoms with E-state index in [1.54, 1.807) is 18.3 Å². The van der Waals surface area contributed by atoms with Gasteiger partial charge in [-0.15, -0.1) is 0 Å². The summed E-state index contributed by atoms with van der Waals surface area (Å²) in [5.74, 6) is -0.382. The molecule has 2 aromatic heterocycles. The third kappa shape index (κ3) is 6.79. The number of hydrogen-bond acceptors (Lipinski definition) is 4. The normalized spacial score (nSPS) is 15.2. The van der Waals surface area contributed by atoms with E-state index in [4.69, 9.17) is 28.3 Å². The number of benzene rings is 3. The third-order valence-corrected chi connectivity index (χ3v) is 9.13. The van der Waals surface area contributed by atoms with Gasteiger partial charge in [-0.2, -0.15) is 5.10 Å². The number of carbonyl (C=O) groups is 1. The van der Waals surface area contributed by atoms with Gasteiger partial charge in [0.2, 0.25) is 0 Å². The average Bonchev–Trinajstić information content (AvgIpc) is 3.75. The number of nitrogens with one attached hydrogen (secondary N) is 1. The molecule has 1 saturated heterocycles. The average molecular weight is 648 g/mol. The predicted octanol–water partition coefficient (Wildman–Crippen LogP) is 7.29. The molecular weight excluding hydrogens is 610 g/mol. The van der Waals surface area contributed by atoms with E-state index in [1.165, 1.54) is 12.1 Å². The SMILES string of the molecule is CN(C)CCCN(C)C1CCN(C(=O)c2[nH]c3cc(Cl)ccc3c2-c2c(-c3ccc(F)cc3)cnn2Cc2ccc(Cl)cc2)C1. The van der Waals surface area contributed by atoms with Crippen LogP contribution in [0.25, 0.3) is 33.3 Å². The number of amides is 1. The second-order valence-corrected chi connectivity index (χ2v) is 13.0. The minimum Gasteiger partial charge on any atom is -0.350 e. The molecule has 3 heterocycles. The maximum atomic E-state index is 14.4. The minimum atomic E-state index is -0.318. The van der Waals surface area contributed by atoms with Crippen LogP contribution in [0.5, 0.6) is 0 Å². The molecule has 10 heteroatoms. The fourth-order valence-corrected chi connectivity index (χ4v) is 6.51. The first kappa shape index (κ1) is 31.3. The van der Waals surface area contributed by atoms with Gasteiger partial charge in [0.1, 0.15) is 11.5 Å². The van der Waals surface area contributed by atoms with Crippen LogP contribution in [-0.2, 0) is 6.54 Å². The summed E-state index contributed by atoms with van der Waals surface area (Å²) in [4.78, 5) is 24.4. The van der Waals surface area contributed by atoms with E-state index in [9.17, 15) is 9.18 Å². The van der Waals surface area contributed by atoms with Crippen molar-refractivity contribution in [3.8, 4) is 22.4 Å². The summed E-state index contributed by atoms with van der Waals surface area (Å²) in [6.45, 7) is 3.78. The van der Waals surface area contributed by atoms with E-state index in [0.717, 1.165) is 64.8 Å². The molecule has 7 nitrogen and oxygen atoms in total. The number of likely N-dealkylation sites (N-methyl/N-ethyl adjacent to an activating group) is 1. The van der Waals surface area contributed by atoms with Crippen LogP contribution in [0.4, 0.5) is 4.39 Å². The summed E-state index contributed by atoms with van der Waals surface area (Å²) >= 11 is 12.6. The molecule has 1 aliphatic rings. The van der Waals surface area contributed by atoms with E-state index >= 15 is 0 Å². The lowest BCUT2D eigenvalue weighted by atomic mass is 9.98. The molecule has 0 saturated carbocycles. The molecule has 6 rings (SSSR count). The lowest BCUT2D eigenvalue weighted by Gasteiger charge is -2.25. The molecule has 1 atom stereocenters. The number of fused-ring (bicyclic) bond motifs is 1. The lowest BCUT2D eigenvalue weighted by Crippen LogP contribution is -2.37. The van der Waals surface area contributed by atoms with Gasteiger partial charge < -0.3 is 19.7 Å². The number of rotatable bonds is 10. The standard InChI is InChI=1S/C35H37Cl2FN6O/c1-41(2)16-4-17-42(3)28-15-18-43(22-28)35(45)33-32(29-14-11-26(37)19-31(29)40-33)34-30(24-7-12-27(38)13-8-24)20-39-44(34)21-23-5-9-25(36)10-6-23/h5-14,19-20,28,40H,4,15-18,21-22H2,1-3H3. The predicted molar refractivity (Wildman–Crippen MR) is 181 cm³/mol. The van der Waals surface area contributed by atoms with Gasteiger partial charge in [0.05, 0.1) is 18.4 Å². The topological polar surface area (TPSA) is 60.4 Å². The molecule has 1 unspecified atom stereocenters. The van der Waals surface area contributed by atoms with Crippen LogP contribution >= 0.6 is 23.2 Å². The Kier molecular flexibility index (Phi) is 9.28. The summed E-state index contributed by atoms with van der Waals surface area (Å²) < 4.78 is 15.9. The smallest absolute Gasteiger partial charge is 0.271 e. The van der Waals surface area contributed by atoms with Crippen LogP contribution < -0.4 is 0 Å². The van der Waals surface area contributed by atoms with Crippen LogP contribution in [0.3, 0.4) is 0 Å². The number of halogens is 3. The Labute approximate surface area is 273 Å². The summed E-state index contributed by atoms with van der Waals surface area (Å²) in [5.41, 5.74) is 5.38. The first-order chi connectivity index (χ1) is 21.7. The Balaban J connectivity index is 1.43. The second-order valence-electron chi connectivity index (χ2n) is 12.1. The van der Waals surface area contributed by atoms with Crippen molar-refractivity contribution in [3.05, 3.63) is 100 Å². The molecule has 1 aliphatic heterocycles. The van der Waals surface area contributed by atoms with Crippen molar-refractivity contribution in [2.45, 2.75) is 25.4 Å². The van der Waals surface area contributed by atoms with Gasteiger partial charge in [0.25, 0.3) is 5.91 Å². The maximum absolute atomic E-state index is 14.4. The molecule has 1 amide bonds. The molecule has 5 aromatic rings. The maximum Gasteiger partial charge on any atom is 0.271 e. The van der Waals surface area contributed by atoms with Gasteiger partial charge in [-0.3, -0.25) is 9.48 Å². The van der Waals surface area contributed by atoms with Crippen molar-refractivity contribution >= 4 is 40.0 Å². The zero-order valence-electron chi connectivity index (χ0n) is 25.7. The van der Waals surface area contributed by atoms with Crippen molar-refractivity contribution in [2.24, 2.45) is 0 Å². The zero-order valence-corrected chi connectivity index (χ0v) is 27.2. The highest BCUT2D eigenvalue weighted by Gasteiger charge is 2.33. The van der Waals surface area contributed by atoms with E-state index in [1.807, 2.05) is 52.0 Å². The fraction of sp³-hybridized carbons (Fsp3) is 0.314. The van der Waals surface area contributed by atoms with Gasteiger partial charge in [-0.1, -0.05) is 53.5 Å². The van der Waals surface area contributed by atoms with Gasteiger partial charge in [0.15, 0.2) is 0 Å². The van der Waals surface area contributed by atoms with Crippen LogP contribution in [0.15, 0.2) is 72.9 Å². The quantitative estimate of drug-likeness (QED) is 0.173. The Bertz CT molecular complexity index is 1800. The summed E-state index contributed by atoms with van der Waals surface area (Å²) in [7, 11) is 6.32. The Morgan fingerprint density at radius 3 is 2.47 bits per heavy atom. The molecule has 1 N–H and O–H groups in total. The van der Waals surface area contributed by atoms with Crippen LogP contribution in [0.1, 0.15) is 28.9 Å². The summed E-state index contributed by atoms with van der Waals surface area (Å²) in [6.07, 6.45) is 3.78. The van der Waals surface area contributed by atoms with Crippen molar-refractivity contribution in [1.82, 2.24) is 29.5 Å². The molecule has 234 valence electrons. The van der Waals surface area contributed by atoms with Crippen LogP contribution in [-0.4, -0.2) is 88.7 Å². The van der Waals surface area contributed by atoms with Crippen molar-refractivity contribution in [1.29, 1.82) is 0 Å². The molecule has 0 bridgehead atoms. The second kappa shape index (κ2) is 13.3. The van der Waals surface area contributed by atoms with Crippen molar-refractivity contribution in [3.63, 3.8) is 0 Å². The molecule has 3 aromatic carbocycles. The van der Waals surface area contributed by atoms with E-state index < -0.39 is 0 Å². The number of nitrogens with zero attached hydrogens (tertiary/aromatic N) is 5. The highest BCUT2D eigenvalue weighted by Crippen LogP contribution is 2.40. The number of aromatic amines is 1. The highest BCUT2D eigenvalue weighted by molar-refractivity contribution is 6.31. The first-order valence-electron chi connectivity index (χ1n) is 15.2. The van der Waals surface area contributed by atoms with Gasteiger partial charge in [-0.25, -0.2) is 4.39 Å². The van der Waals surface area contributed by atoms with Gasteiger partial charge in [0, 0.05) is 51.2 Å². The molecule has 45 heavy (non-hydrogen) atoms. The molecular formula is C35H37Cl2FN6O. The third-order valence-electron chi connectivity index (χ3n) is 8.64. The Hall–Kier alpha value is -3.69. The number of hydrogen-bond donors (Lipinski definition) is 1. The molecule has 0 spiro atoms. The summed E-state index contributed by atoms with van der Waals surface area (Å²) in [5, 5.41) is 6.89. The van der Waals surface area contributed by atoms with Crippen molar-refractivity contribution in [2.75, 3.05) is 47.3 Å². The number of aromatic nitrogens is 3. The minimum absolute atomic E-state index is 0.0641. The van der Waals surface area contributed by atoms with E-state index in [0.29, 0.717) is 41.4 Å². The number of carbonyl (C=O) groups excluding carboxylic acids is 1. The van der Waals surface area contributed by atoms with Crippen LogP contribution in [0, 0.1) is 5.82 Å². The van der Waals surface area contributed by atoms with Gasteiger partial charge in [-0.05, 0) is 94.6 Å². The van der Waals surface area contributed by atoms with E-state index in [-0.39, 0.29) is 11.7 Å². The highest BCUT2D eigenvalue weighted by atomic mass is 35.5. The lowest BCUT2D eigenvalue weighted by molar-refractivity contribution is 0.0776. The summed E-state index contributed by atoms with van der Waals surface area (Å²) in [6, 6.07) is 19.9. The zero-order chi connectivity index (χ0) is 31.7. The Morgan fingerprint density at radius 2 is 1.73 bits per heavy atom. The van der Waals surface area contributed by atoms with Gasteiger partial charge >= 0.3 is 0 Å². The largest absolute Gasteiger partial charge is 0.350 e. The Morgan fingerprint density at radius 1 is 1.00 bits per heavy atom. The number of likely N-dealkylation sites (tertiary alicyclic amines) is 1. The monoisotopic (exact) mass is 646 g/mol. The molecule has 1 fully saturated rings. The first-order valence-corrected chi connectivity index (χ1v) is 16.0. The van der Waals surface area contributed by atoms with Crippen LogP contribution in [0.2, 0.25) is 10.0 Å². The fourth-order valence-electron chi connectivity index (χ4n) is 6.21. The molecule has 0 aliphatic carbocycles. The number of H-pyrrole nitrogens is 1. The van der Waals surface area contributed by atoms with E-state index in [2.05, 4.69) is 35.9 Å².